The normalized spacial score (nSPS) is 19.5. The number of ether oxygens (including phenoxy) is 1. The highest BCUT2D eigenvalue weighted by atomic mass is 19.4. The van der Waals surface area contributed by atoms with E-state index in [-0.39, 0.29) is 41.6 Å². The number of alkyl halides is 3. The molecule has 3 aromatic rings. The van der Waals surface area contributed by atoms with Crippen molar-refractivity contribution >= 4 is 11.6 Å². The lowest BCUT2D eigenvalue weighted by molar-refractivity contribution is -0.138. The molecular formula is C29H32F3N5O2. The maximum absolute atomic E-state index is 14.2. The number of aryl methyl sites for hydroxylation is 2. The molecular weight excluding hydrogens is 507 g/mol. The minimum atomic E-state index is -4.56. The number of carbonyl (C=O) groups excluding carboxylic acids is 1. The number of rotatable bonds is 7. The summed E-state index contributed by atoms with van der Waals surface area (Å²) in [6, 6.07) is 8.63. The van der Waals surface area contributed by atoms with Crippen molar-refractivity contribution in [3.63, 3.8) is 0 Å². The lowest BCUT2D eigenvalue weighted by atomic mass is 9.78. The van der Waals surface area contributed by atoms with Gasteiger partial charge < -0.3 is 19.5 Å². The summed E-state index contributed by atoms with van der Waals surface area (Å²) in [4.78, 5) is 15.1. The molecule has 7 nitrogen and oxygen atoms in total. The fraction of sp³-hybridized carbons (Fsp3) is 0.483. The Kier molecular flexibility index (Phi) is 6.30. The Morgan fingerprint density at radius 1 is 1.18 bits per heavy atom. The molecule has 1 aliphatic carbocycles. The summed E-state index contributed by atoms with van der Waals surface area (Å²) < 4.78 is 50.0. The molecule has 1 atom stereocenters. The molecule has 1 saturated carbocycles. The molecule has 0 spiro atoms. The molecule has 6 rings (SSSR count). The molecule has 39 heavy (non-hydrogen) atoms. The fourth-order valence-electron chi connectivity index (χ4n) is 6.01. The molecule has 1 amide bonds. The van der Waals surface area contributed by atoms with E-state index in [1.807, 2.05) is 36.7 Å². The maximum Gasteiger partial charge on any atom is 0.416 e. The number of benzene rings is 2. The van der Waals surface area contributed by atoms with Gasteiger partial charge in [-0.1, -0.05) is 6.07 Å². The third kappa shape index (κ3) is 4.74. The number of nitrogens with one attached hydrogen (secondary N) is 1. The van der Waals surface area contributed by atoms with E-state index in [1.165, 1.54) is 11.0 Å². The molecule has 2 aromatic carbocycles. The highest BCUT2D eigenvalue weighted by Gasteiger charge is 2.41. The lowest BCUT2D eigenvalue weighted by Gasteiger charge is -2.39. The van der Waals surface area contributed by atoms with Crippen molar-refractivity contribution in [3.8, 4) is 0 Å². The van der Waals surface area contributed by atoms with Crippen molar-refractivity contribution in [2.45, 2.75) is 63.8 Å². The van der Waals surface area contributed by atoms with E-state index in [1.54, 1.807) is 12.4 Å². The van der Waals surface area contributed by atoms with Crippen LogP contribution in [0.4, 0.5) is 18.9 Å². The number of hydrogen-bond donors (Lipinski definition) is 1. The first-order chi connectivity index (χ1) is 18.5. The van der Waals surface area contributed by atoms with Gasteiger partial charge in [-0.15, -0.1) is 10.2 Å². The van der Waals surface area contributed by atoms with E-state index in [2.05, 4.69) is 22.4 Å². The molecule has 0 radical (unpaired) electrons. The summed E-state index contributed by atoms with van der Waals surface area (Å²) in [5.74, 6) is 0.457. The van der Waals surface area contributed by atoms with Gasteiger partial charge in [-0.3, -0.25) is 4.79 Å². The van der Waals surface area contributed by atoms with Gasteiger partial charge in [-0.25, -0.2) is 0 Å². The summed E-state index contributed by atoms with van der Waals surface area (Å²) in [6.45, 7) is 5.34. The molecule has 2 fully saturated rings. The zero-order chi connectivity index (χ0) is 27.5. The molecule has 1 N–H and O–H groups in total. The average Bonchev–Trinajstić information content (AvgIpc) is 3.40. The molecule has 0 unspecified atom stereocenters. The smallest absolute Gasteiger partial charge is 0.381 e. The average molecular weight is 540 g/mol. The first-order valence-corrected chi connectivity index (χ1v) is 13.4. The van der Waals surface area contributed by atoms with Crippen molar-refractivity contribution in [2.75, 3.05) is 18.1 Å². The molecule has 1 saturated heterocycles. The number of anilines is 1. The predicted molar refractivity (Wildman–Crippen MR) is 139 cm³/mol. The van der Waals surface area contributed by atoms with E-state index in [4.69, 9.17) is 4.74 Å². The van der Waals surface area contributed by atoms with Crippen molar-refractivity contribution in [2.24, 2.45) is 13.0 Å². The van der Waals surface area contributed by atoms with Crippen LogP contribution in [0.25, 0.3) is 0 Å². The van der Waals surface area contributed by atoms with Crippen LogP contribution < -0.4 is 10.2 Å². The monoisotopic (exact) mass is 539 g/mol. The Balaban J connectivity index is 1.36. The summed E-state index contributed by atoms with van der Waals surface area (Å²) in [6.07, 6.45) is 0.187. The third-order valence-corrected chi connectivity index (χ3v) is 8.50. The van der Waals surface area contributed by atoms with E-state index in [0.717, 1.165) is 36.2 Å². The zero-order valence-corrected chi connectivity index (χ0v) is 22.3. The summed E-state index contributed by atoms with van der Waals surface area (Å²) in [5, 5.41) is 11.8. The first kappa shape index (κ1) is 26.0. The van der Waals surface area contributed by atoms with E-state index < -0.39 is 17.6 Å². The lowest BCUT2D eigenvalue weighted by Crippen LogP contribution is -2.47. The molecule has 10 heteroatoms. The number of amides is 1. The van der Waals surface area contributed by atoms with Crippen LogP contribution in [0, 0.1) is 12.8 Å². The van der Waals surface area contributed by atoms with Gasteiger partial charge in [0.1, 0.15) is 12.2 Å². The third-order valence-electron chi connectivity index (χ3n) is 8.50. The topological polar surface area (TPSA) is 72.3 Å². The molecule has 206 valence electrons. The summed E-state index contributed by atoms with van der Waals surface area (Å²) >= 11 is 0. The number of halogens is 3. The minimum Gasteiger partial charge on any atom is -0.381 e. The van der Waals surface area contributed by atoms with Crippen LogP contribution in [-0.4, -0.2) is 39.4 Å². The van der Waals surface area contributed by atoms with Crippen molar-refractivity contribution in [3.05, 3.63) is 75.9 Å². The van der Waals surface area contributed by atoms with Crippen molar-refractivity contribution in [1.82, 2.24) is 20.1 Å². The Morgan fingerprint density at radius 3 is 2.54 bits per heavy atom. The van der Waals surface area contributed by atoms with E-state index in [9.17, 15) is 18.0 Å². The largest absolute Gasteiger partial charge is 0.416 e. The second-order valence-corrected chi connectivity index (χ2v) is 11.5. The second kappa shape index (κ2) is 9.45. The molecule has 3 aliphatic rings. The van der Waals surface area contributed by atoms with Gasteiger partial charge in [0, 0.05) is 36.3 Å². The van der Waals surface area contributed by atoms with E-state index >= 15 is 0 Å². The SMILES string of the molecule is Cc1cc([C@H](c2nncn2C)C2COC2)cc(N2Cc3c(cc(CNC4(C)CCC4)cc3C(F)(F)F)C2=O)c1. The van der Waals surface area contributed by atoms with E-state index in [0.29, 0.717) is 24.5 Å². The van der Waals surface area contributed by atoms with Crippen LogP contribution in [0.15, 0.2) is 36.7 Å². The first-order valence-electron chi connectivity index (χ1n) is 13.4. The quantitative estimate of drug-likeness (QED) is 0.452. The Morgan fingerprint density at radius 2 is 1.95 bits per heavy atom. The molecule has 1 aromatic heterocycles. The van der Waals surface area contributed by atoms with Gasteiger partial charge in [0.25, 0.3) is 5.91 Å². The number of carbonyl (C=O) groups is 1. The number of nitrogens with zero attached hydrogens (tertiary/aromatic N) is 4. The summed E-state index contributed by atoms with van der Waals surface area (Å²) in [5.41, 5.74) is 2.27. The zero-order valence-electron chi connectivity index (χ0n) is 22.3. The van der Waals surface area contributed by atoms with Gasteiger partial charge >= 0.3 is 6.18 Å². The number of hydrogen-bond acceptors (Lipinski definition) is 5. The van der Waals surface area contributed by atoms with Crippen LogP contribution in [0.2, 0.25) is 0 Å². The highest BCUT2D eigenvalue weighted by molar-refractivity contribution is 6.10. The Labute approximate surface area is 225 Å². The fourth-order valence-corrected chi connectivity index (χ4v) is 6.01. The van der Waals surface area contributed by atoms with Crippen LogP contribution in [0.1, 0.15) is 76.1 Å². The number of aromatic nitrogens is 3. The van der Waals surface area contributed by atoms with Crippen molar-refractivity contribution in [1.29, 1.82) is 0 Å². The maximum atomic E-state index is 14.2. The van der Waals surface area contributed by atoms with Crippen LogP contribution in [0.3, 0.4) is 0 Å². The van der Waals surface area contributed by atoms with Gasteiger partial charge in [0.2, 0.25) is 0 Å². The van der Waals surface area contributed by atoms with Crippen LogP contribution in [-0.2, 0) is 31.1 Å². The standard InChI is InChI=1S/C29H32F3N5O2/c1-17-7-19(25(20-14-39-15-20)26-35-34-16-36(26)3)11-21(8-17)37-13-23-22(27(37)38)9-18(10-24(23)29(30,31)32)12-33-28(2)5-4-6-28/h7-11,16,20,25,33H,4-6,12-15H2,1-3H3/t25-/m0/s1. The Hall–Kier alpha value is -3.24. The van der Waals surface area contributed by atoms with Gasteiger partial charge in [0.05, 0.1) is 31.2 Å². The minimum absolute atomic E-state index is 0.0337. The van der Waals surface area contributed by atoms with Crippen LogP contribution >= 0.6 is 0 Å². The van der Waals surface area contributed by atoms with Crippen LogP contribution in [0.5, 0.6) is 0 Å². The molecule has 0 bridgehead atoms. The highest BCUT2D eigenvalue weighted by Crippen LogP contribution is 2.42. The van der Waals surface area contributed by atoms with Gasteiger partial charge in [0.15, 0.2) is 0 Å². The number of fused-ring (bicyclic) bond motifs is 1. The van der Waals surface area contributed by atoms with Gasteiger partial charge in [-0.2, -0.15) is 13.2 Å². The summed E-state index contributed by atoms with van der Waals surface area (Å²) in [7, 11) is 1.88. The second-order valence-electron chi connectivity index (χ2n) is 11.5. The van der Waals surface area contributed by atoms with Gasteiger partial charge in [-0.05, 0) is 79.6 Å². The Bertz CT molecular complexity index is 1420. The molecule has 3 heterocycles. The predicted octanol–water partition coefficient (Wildman–Crippen LogP) is 5.11. The molecule has 2 aliphatic heterocycles. The van der Waals surface area contributed by atoms with Crippen molar-refractivity contribution < 1.29 is 22.7 Å².